The topological polar surface area (TPSA) is 117 Å². The molecule has 0 saturated heterocycles. The molecular weight excluding hydrogens is 452 g/mol. The van der Waals surface area contributed by atoms with Gasteiger partial charge in [-0.25, -0.2) is 9.97 Å². The van der Waals surface area contributed by atoms with E-state index in [0.29, 0.717) is 11.5 Å². The number of hydrogen-bond acceptors (Lipinski definition) is 5. The lowest BCUT2D eigenvalue weighted by Gasteiger charge is -2.09. The number of hydrogen-bond donors (Lipinski definition) is 3. The van der Waals surface area contributed by atoms with Crippen LogP contribution in [0.4, 0.5) is 5.69 Å². The Balaban J connectivity index is 1.41. The van der Waals surface area contributed by atoms with E-state index in [9.17, 15) is 4.79 Å². The lowest BCUT2D eigenvalue weighted by atomic mass is 10.0. The molecule has 0 fully saturated rings. The number of aromatic nitrogens is 7. The number of pyridine rings is 1. The predicted octanol–water partition coefficient (Wildman–Crippen LogP) is 5.26. The highest BCUT2D eigenvalue weighted by Crippen LogP contribution is 2.32. The summed E-state index contributed by atoms with van der Waals surface area (Å²) in [5.41, 5.74) is 7.80. The molecule has 0 radical (unpaired) electrons. The molecule has 6 aromatic rings. The van der Waals surface area contributed by atoms with Crippen molar-refractivity contribution in [1.82, 2.24) is 34.7 Å². The third kappa shape index (κ3) is 3.80. The highest BCUT2D eigenvalue weighted by molar-refractivity contribution is 5.97. The molecule has 0 aliphatic carbocycles. The first-order chi connectivity index (χ1) is 17.5. The maximum Gasteiger partial charge on any atom is 0.226 e. The Labute approximate surface area is 206 Å². The smallest absolute Gasteiger partial charge is 0.226 e. The Morgan fingerprint density at radius 3 is 2.75 bits per heavy atom. The third-order valence-electron chi connectivity index (χ3n) is 6.13. The molecule has 36 heavy (non-hydrogen) atoms. The minimum atomic E-state index is -0.111. The van der Waals surface area contributed by atoms with E-state index in [0.717, 1.165) is 50.1 Å². The third-order valence-corrected chi connectivity index (χ3v) is 6.13. The Kier molecular flexibility index (Phi) is 5.10. The quantitative estimate of drug-likeness (QED) is 0.314. The summed E-state index contributed by atoms with van der Waals surface area (Å²) in [6.45, 7) is 5.68. The Morgan fingerprint density at radius 2 is 1.94 bits per heavy atom. The van der Waals surface area contributed by atoms with Crippen LogP contribution in [0.2, 0.25) is 0 Å². The lowest BCUT2D eigenvalue weighted by molar-refractivity contribution is -0.118. The van der Waals surface area contributed by atoms with Crippen LogP contribution in [0.25, 0.3) is 50.3 Å². The van der Waals surface area contributed by atoms with Gasteiger partial charge in [-0.15, -0.1) is 0 Å². The van der Waals surface area contributed by atoms with Crippen LogP contribution in [0, 0.1) is 12.8 Å². The van der Waals surface area contributed by atoms with Crippen molar-refractivity contribution in [3.05, 3.63) is 73.1 Å². The number of rotatable bonds is 5. The number of H-pyrrole nitrogens is 2. The van der Waals surface area contributed by atoms with Crippen molar-refractivity contribution in [2.45, 2.75) is 20.8 Å². The number of aromatic amines is 2. The van der Waals surface area contributed by atoms with Crippen LogP contribution in [0.5, 0.6) is 0 Å². The van der Waals surface area contributed by atoms with Gasteiger partial charge in [0.15, 0.2) is 5.82 Å². The van der Waals surface area contributed by atoms with E-state index in [1.807, 2.05) is 67.9 Å². The van der Waals surface area contributed by atoms with Crippen LogP contribution in [0.15, 0.2) is 67.4 Å². The molecule has 9 nitrogen and oxygen atoms in total. The van der Waals surface area contributed by atoms with Gasteiger partial charge in [-0.3, -0.25) is 14.9 Å². The van der Waals surface area contributed by atoms with Gasteiger partial charge >= 0.3 is 0 Å². The van der Waals surface area contributed by atoms with Gasteiger partial charge in [0.05, 0.1) is 40.6 Å². The largest absolute Gasteiger partial charge is 0.336 e. The number of nitrogens with zero attached hydrogens (tertiary/aromatic N) is 5. The zero-order valence-electron chi connectivity index (χ0n) is 20.1. The SMILES string of the molecule is Cc1cn(-c2cccc3[nH]c(-c4n[nH]c5ccc(-c6cncc(NC(=O)C(C)C)c6)cc45)nc23)cn1. The van der Waals surface area contributed by atoms with E-state index in [1.54, 1.807) is 18.7 Å². The summed E-state index contributed by atoms with van der Waals surface area (Å²) in [6.07, 6.45) is 7.21. The summed E-state index contributed by atoms with van der Waals surface area (Å²) in [5, 5.41) is 11.5. The van der Waals surface area contributed by atoms with Crippen molar-refractivity contribution < 1.29 is 4.79 Å². The van der Waals surface area contributed by atoms with Crippen molar-refractivity contribution in [2.75, 3.05) is 5.32 Å². The number of anilines is 1. The van der Waals surface area contributed by atoms with Gasteiger partial charge in [0, 0.05) is 29.3 Å². The molecule has 2 aromatic carbocycles. The number of benzene rings is 2. The van der Waals surface area contributed by atoms with Crippen LogP contribution >= 0.6 is 0 Å². The molecule has 0 atom stereocenters. The summed E-state index contributed by atoms with van der Waals surface area (Å²) in [6, 6.07) is 14.0. The fourth-order valence-electron chi connectivity index (χ4n) is 4.22. The minimum Gasteiger partial charge on any atom is -0.336 e. The Hall–Kier alpha value is -4.79. The molecule has 4 aromatic heterocycles. The first kappa shape index (κ1) is 21.7. The number of imidazole rings is 2. The highest BCUT2D eigenvalue weighted by atomic mass is 16.1. The zero-order valence-corrected chi connectivity index (χ0v) is 20.1. The zero-order chi connectivity index (χ0) is 24.8. The average molecular weight is 477 g/mol. The molecule has 0 saturated carbocycles. The van der Waals surface area contributed by atoms with Crippen LogP contribution < -0.4 is 5.32 Å². The second-order valence-electron chi connectivity index (χ2n) is 9.12. The standard InChI is InChI=1S/C27H24N8O/c1-15(2)27(36)30-19-9-18(11-28-12-19)17-7-8-21-20(10-17)24(34-33-21)26-31-22-5-4-6-23(25(22)32-26)35-13-16(3)29-14-35/h4-15H,1-3H3,(H,30,36)(H,31,32)(H,33,34). The van der Waals surface area contributed by atoms with Crippen molar-refractivity contribution in [3.8, 4) is 28.3 Å². The number of nitrogens with one attached hydrogen (secondary N) is 3. The summed E-state index contributed by atoms with van der Waals surface area (Å²) in [5.74, 6) is 0.519. The maximum absolute atomic E-state index is 12.1. The first-order valence-corrected chi connectivity index (χ1v) is 11.7. The highest BCUT2D eigenvalue weighted by Gasteiger charge is 2.16. The van der Waals surface area contributed by atoms with Crippen molar-refractivity contribution in [1.29, 1.82) is 0 Å². The van der Waals surface area contributed by atoms with Gasteiger partial charge in [0.25, 0.3) is 0 Å². The number of fused-ring (bicyclic) bond motifs is 2. The van der Waals surface area contributed by atoms with E-state index in [-0.39, 0.29) is 11.8 Å². The predicted molar refractivity (Wildman–Crippen MR) is 140 cm³/mol. The summed E-state index contributed by atoms with van der Waals surface area (Å²) in [4.78, 5) is 29.1. The van der Waals surface area contributed by atoms with E-state index < -0.39 is 0 Å². The van der Waals surface area contributed by atoms with Crippen LogP contribution in [-0.2, 0) is 4.79 Å². The Morgan fingerprint density at radius 1 is 1.06 bits per heavy atom. The van der Waals surface area contributed by atoms with E-state index in [1.165, 1.54) is 0 Å². The first-order valence-electron chi connectivity index (χ1n) is 11.7. The van der Waals surface area contributed by atoms with Gasteiger partial charge in [-0.05, 0) is 42.8 Å². The second-order valence-corrected chi connectivity index (χ2v) is 9.12. The van der Waals surface area contributed by atoms with Crippen LogP contribution in [0.1, 0.15) is 19.5 Å². The lowest BCUT2D eigenvalue weighted by Crippen LogP contribution is -2.17. The summed E-state index contributed by atoms with van der Waals surface area (Å²) in [7, 11) is 0. The summed E-state index contributed by atoms with van der Waals surface area (Å²) < 4.78 is 1.97. The van der Waals surface area contributed by atoms with Gasteiger partial charge in [0.2, 0.25) is 5.91 Å². The molecule has 3 N–H and O–H groups in total. The molecule has 0 aliphatic heterocycles. The summed E-state index contributed by atoms with van der Waals surface area (Å²) >= 11 is 0. The van der Waals surface area contributed by atoms with Crippen LogP contribution in [-0.4, -0.2) is 40.6 Å². The van der Waals surface area contributed by atoms with Gasteiger partial charge in [0.1, 0.15) is 11.2 Å². The molecule has 0 unspecified atom stereocenters. The number of carbonyl (C=O) groups excluding carboxylic acids is 1. The van der Waals surface area contributed by atoms with Crippen molar-refractivity contribution in [2.24, 2.45) is 5.92 Å². The second kappa shape index (κ2) is 8.46. The van der Waals surface area contributed by atoms with Crippen molar-refractivity contribution >= 4 is 33.5 Å². The molecule has 6 rings (SSSR count). The van der Waals surface area contributed by atoms with Gasteiger partial charge < -0.3 is 14.9 Å². The van der Waals surface area contributed by atoms with E-state index in [2.05, 4.69) is 36.5 Å². The normalized spacial score (nSPS) is 11.6. The average Bonchev–Trinajstić information content (AvgIpc) is 3.61. The number of aryl methyl sites for hydroxylation is 1. The molecule has 0 spiro atoms. The molecule has 1 amide bonds. The maximum atomic E-state index is 12.1. The fourth-order valence-corrected chi connectivity index (χ4v) is 4.22. The molecule has 0 bridgehead atoms. The molecule has 0 aliphatic rings. The molecule has 9 heteroatoms. The van der Waals surface area contributed by atoms with Gasteiger partial charge in [-0.2, -0.15) is 5.10 Å². The molecule has 178 valence electrons. The molecule has 4 heterocycles. The molecular formula is C27H24N8O. The van der Waals surface area contributed by atoms with E-state index in [4.69, 9.17) is 4.98 Å². The van der Waals surface area contributed by atoms with Gasteiger partial charge in [-0.1, -0.05) is 26.0 Å². The Bertz CT molecular complexity index is 1740. The number of carbonyl (C=O) groups is 1. The monoisotopic (exact) mass is 476 g/mol. The van der Waals surface area contributed by atoms with E-state index >= 15 is 0 Å². The number of amides is 1. The fraction of sp³-hybridized carbons (Fsp3) is 0.148. The van der Waals surface area contributed by atoms with Crippen molar-refractivity contribution in [3.63, 3.8) is 0 Å². The number of para-hydroxylation sites is 1. The minimum absolute atomic E-state index is 0.0448. The van der Waals surface area contributed by atoms with Crippen LogP contribution in [0.3, 0.4) is 0 Å².